The van der Waals surface area contributed by atoms with Gasteiger partial charge in [-0.25, -0.2) is 4.79 Å². The Morgan fingerprint density at radius 3 is 3.00 bits per heavy atom. The molecule has 0 unspecified atom stereocenters. The van der Waals surface area contributed by atoms with Gasteiger partial charge in [-0.05, 0) is 18.9 Å². The summed E-state index contributed by atoms with van der Waals surface area (Å²) in [4.78, 5) is 11.6. The van der Waals surface area contributed by atoms with Crippen molar-refractivity contribution in [3.8, 4) is 0 Å². The molecule has 0 saturated carbocycles. The monoisotopic (exact) mass is 170 g/mol. The number of methoxy groups -OCH3 is 1. The normalized spacial score (nSPS) is 16.9. The lowest BCUT2D eigenvalue weighted by molar-refractivity contribution is -0.135. The summed E-state index contributed by atoms with van der Waals surface area (Å²) in [6.07, 6.45) is 1.02. The minimum atomic E-state index is -0.269. The van der Waals surface area contributed by atoms with E-state index < -0.39 is 0 Å². The van der Waals surface area contributed by atoms with Gasteiger partial charge in [0.2, 0.25) is 0 Å². The summed E-state index contributed by atoms with van der Waals surface area (Å²) in [6.45, 7) is 1.97. The predicted molar refractivity (Wildman–Crippen MR) is 45.3 cm³/mol. The molecule has 0 bridgehead atoms. The molecule has 0 aromatic heterocycles. The third-order valence-electron chi connectivity index (χ3n) is 1.42. The Morgan fingerprint density at radius 2 is 2.45 bits per heavy atom. The Hall–Kier alpha value is -0.660. The topological polar surface area (TPSA) is 26.3 Å². The van der Waals surface area contributed by atoms with E-state index >= 15 is 0 Å². The highest BCUT2D eigenvalue weighted by Crippen LogP contribution is 2.23. The first-order valence-electron chi connectivity index (χ1n) is 3.41. The summed E-state index contributed by atoms with van der Waals surface area (Å²) in [6, 6.07) is 0. The van der Waals surface area contributed by atoms with Gasteiger partial charge in [-0.1, -0.05) is 5.73 Å². The molecule has 0 radical (unpaired) electrons. The van der Waals surface area contributed by atoms with Gasteiger partial charge in [0.15, 0.2) is 0 Å². The number of carbonyl (C=O) groups is 1. The van der Waals surface area contributed by atoms with Gasteiger partial charge in [-0.2, -0.15) is 0 Å². The Balaban J connectivity index is 2.86. The highest BCUT2D eigenvalue weighted by Gasteiger charge is 2.12. The van der Waals surface area contributed by atoms with E-state index in [4.69, 9.17) is 0 Å². The van der Waals surface area contributed by atoms with E-state index in [1.54, 1.807) is 0 Å². The van der Waals surface area contributed by atoms with Crippen molar-refractivity contribution in [2.24, 2.45) is 0 Å². The SMILES string of the molecule is COC(=O)C1=C=C(C)CCS1. The molecule has 3 heteroatoms. The average molecular weight is 170 g/mol. The van der Waals surface area contributed by atoms with E-state index in [2.05, 4.69) is 10.5 Å². The van der Waals surface area contributed by atoms with Crippen LogP contribution >= 0.6 is 11.8 Å². The molecule has 11 heavy (non-hydrogen) atoms. The lowest BCUT2D eigenvalue weighted by atomic mass is 10.2. The van der Waals surface area contributed by atoms with Gasteiger partial charge in [-0.3, -0.25) is 0 Å². The number of thioether (sulfide) groups is 1. The van der Waals surface area contributed by atoms with Crippen molar-refractivity contribution in [1.29, 1.82) is 0 Å². The van der Waals surface area contributed by atoms with E-state index in [0.717, 1.165) is 17.7 Å². The second-order valence-corrected chi connectivity index (χ2v) is 3.43. The second kappa shape index (κ2) is 3.65. The summed E-state index contributed by atoms with van der Waals surface area (Å²) in [5.74, 6) is 0.692. The molecule has 0 aliphatic carbocycles. The van der Waals surface area contributed by atoms with Crippen LogP contribution in [0.5, 0.6) is 0 Å². The zero-order chi connectivity index (χ0) is 8.27. The lowest BCUT2D eigenvalue weighted by Crippen LogP contribution is -2.04. The molecule has 1 rings (SSSR count). The number of esters is 1. The fraction of sp³-hybridized carbons (Fsp3) is 0.500. The fourth-order valence-corrected chi connectivity index (χ4v) is 1.86. The van der Waals surface area contributed by atoms with Gasteiger partial charge in [-0.15, -0.1) is 11.8 Å². The molecule has 0 amide bonds. The molecule has 0 aromatic carbocycles. The van der Waals surface area contributed by atoms with Crippen LogP contribution in [0.25, 0.3) is 0 Å². The van der Waals surface area contributed by atoms with Gasteiger partial charge in [0.25, 0.3) is 0 Å². The van der Waals surface area contributed by atoms with Crippen molar-refractivity contribution in [2.45, 2.75) is 13.3 Å². The number of hydrogen-bond donors (Lipinski definition) is 0. The summed E-state index contributed by atoms with van der Waals surface area (Å²) in [7, 11) is 1.39. The molecule has 1 aliphatic rings. The number of carbonyl (C=O) groups excluding carboxylic acids is 1. The van der Waals surface area contributed by atoms with Crippen molar-refractivity contribution in [3.63, 3.8) is 0 Å². The van der Waals surface area contributed by atoms with E-state index in [-0.39, 0.29) is 5.97 Å². The summed E-state index contributed by atoms with van der Waals surface area (Å²) >= 11 is 1.51. The molecule has 2 nitrogen and oxygen atoms in total. The van der Waals surface area contributed by atoms with Crippen LogP contribution in [0.3, 0.4) is 0 Å². The van der Waals surface area contributed by atoms with Crippen LogP contribution in [0.15, 0.2) is 16.2 Å². The van der Waals surface area contributed by atoms with Crippen LogP contribution in [-0.2, 0) is 9.53 Å². The first kappa shape index (κ1) is 8.44. The zero-order valence-electron chi connectivity index (χ0n) is 6.64. The van der Waals surface area contributed by atoms with Gasteiger partial charge in [0.05, 0.1) is 7.11 Å². The minimum absolute atomic E-state index is 0.269. The van der Waals surface area contributed by atoms with Crippen molar-refractivity contribution in [3.05, 3.63) is 16.2 Å². The van der Waals surface area contributed by atoms with Gasteiger partial charge in [0, 0.05) is 5.75 Å². The smallest absolute Gasteiger partial charge is 0.352 e. The molecule has 60 valence electrons. The maximum absolute atomic E-state index is 11.0. The van der Waals surface area contributed by atoms with Crippen LogP contribution in [0.2, 0.25) is 0 Å². The first-order valence-corrected chi connectivity index (χ1v) is 4.40. The second-order valence-electron chi connectivity index (χ2n) is 2.32. The quantitative estimate of drug-likeness (QED) is 0.443. The van der Waals surface area contributed by atoms with E-state index in [1.165, 1.54) is 18.9 Å². The minimum Gasteiger partial charge on any atom is -0.465 e. The van der Waals surface area contributed by atoms with Gasteiger partial charge >= 0.3 is 5.97 Å². The predicted octanol–water partition coefficient (Wildman–Crippen LogP) is 1.73. The third kappa shape index (κ3) is 2.14. The number of ether oxygens (including phenoxy) is 1. The molecule has 0 atom stereocenters. The summed E-state index contributed by atoms with van der Waals surface area (Å²) < 4.78 is 4.57. The molecular weight excluding hydrogens is 160 g/mol. The lowest BCUT2D eigenvalue weighted by Gasteiger charge is -2.07. The maximum Gasteiger partial charge on any atom is 0.352 e. The van der Waals surface area contributed by atoms with Crippen molar-refractivity contribution in [2.75, 3.05) is 12.9 Å². The van der Waals surface area contributed by atoms with Gasteiger partial charge < -0.3 is 4.74 Å². The van der Waals surface area contributed by atoms with Gasteiger partial charge in [0.1, 0.15) is 4.91 Å². The van der Waals surface area contributed by atoms with Crippen LogP contribution < -0.4 is 0 Å². The summed E-state index contributed by atoms with van der Waals surface area (Å²) in [5.41, 5.74) is 4.12. The van der Waals surface area contributed by atoms with Crippen LogP contribution in [0.1, 0.15) is 13.3 Å². The molecule has 0 aromatic rings. The Kier molecular flexibility index (Phi) is 2.80. The van der Waals surface area contributed by atoms with Crippen molar-refractivity contribution < 1.29 is 9.53 Å². The largest absolute Gasteiger partial charge is 0.465 e. The van der Waals surface area contributed by atoms with Crippen LogP contribution in [0.4, 0.5) is 0 Å². The molecule has 0 spiro atoms. The van der Waals surface area contributed by atoms with Crippen LogP contribution in [0, 0.1) is 0 Å². The highest BCUT2D eigenvalue weighted by atomic mass is 32.2. The molecule has 1 heterocycles. The molecule has 0 N–H and O–H groups in total. The Labute approximate surface area is 70.3 Å². The maximum atomic E-state index is 11.0. The number of hydrogen-bond acceptors (Lipinski definition) is 3. The first-order chi connectivity index (χ1) is 5.24. The standard InChI is InChI=1S/C8H10O2S/c1-6-3-4-11-7(5-6)8(9)10-2/h3-4H2,1-2H3. The summed E-state index contributed by atoms with van der Waals surface area (Å²) in [5, 5.41) is 0. The third-order valence-corrected chi connectivity index (χ3v) is 2.39. The van der Waals surface area contributed by atoms with Crippen molar-refractivity contribution in [1.82, 2.24) is 0 Å². The zero-order valence-corrected chi connectivity index (χ0v) is 7.46. The highest BCUT2D eigenvalue weighted by molar-refractivity contribution is 8.04. The van der Waals surface area contributed by atoms with Crippen LogP contribution in [-0.4, -0.2) is 18.8 Å². The molecule has 0 saturated heterocycles. The molecule has 1 aliphatic heterocycles. The van der Waals surface area contributed by atoms with Crippen molar-refractivity contribution >= 4 is 17.7 Å². The van der Waals surface area contributed by atoms with E-state index in [0.29, 0.717) is 4.91 Å². The van der Waals surface area contributed by atoms with E-state index in [9.17, 15) is 4.79 Å². The fourth-order valence-electron chi connectivity index (χ4n) is 0.801. The molecule has 0 fully saturated rings. The Morgan fingerprint density at radius 1 is 1.73 bits per heavy atom. The number of rotatable bonds is 1. The Bertz CT molecular complexity index is 236. The average Bonchev–Trinajstić information content (AvgIpc) is 2.03. The van der Waals surface area contributed by atoms with E-state index in [1.807, 2.05) is 6.92 Å². The molecular formula is C8H10O2S.